The number of nitrogens with zero attached hydrogens (tertiary/aromatic N) is 3. The van der Waals surface area contributed by atoms with Crippen LogP contribution in [0, 0.1) is 0 Å². The lowest BCUT2D eigenvalue weighted by Gasteiger charge is -2.25. The Hall–Kier alpha value is -1.19. The van der Waals surface area contributed by atoms with Crippen LogP contribution in [0.2, 0.25) is 0 Å². The summed E-state index contributed by atoms with van der Waals surface area (Å²) in [5.41, 5.74) is 5.82. The van der Waals surface area contributed by atoms with Gasteiger partial charge in [-0.25, -0.2) is 4.98 Å². The summed E-state index contributed by atoms with van der Waals surface area (Å²) in [4.78, 5) is 13.3. The Morgan fingerprint density at radius 1 is 0.706 bits per heavy atom. The molecule has 0 radical (unpaired) electrons. The predicted molar refractivity (Wildman–Crippen MR) is 66.7 cm³/mol. The second kappa shape index (κ2) is 4.59. The lowest BCUT2D eigenvalue weighted by molar-refractivity contribution is 0.390. The van der Waals surface area contributed by atoms with Gasteiger partial charge in [0.05, 0.1) is 0 Å². The molecular weight excluding hydrogens is 212 g/mol. The van der Waals surface area contributed by atoms with Crippen LogP contribution in [-0.4, -0.2) is 15.0 Å². The van der Waals surface area contributed by atoms with Gasteiger partial charge in [0.2, 0.25) is 5.95 Å². The van der Waals surface area contributed by atoms with E-state index in [1.54, 1.807) is 0 Å². The molecule has 0 amide bonds. The number of aromatic nitrogens is 3. The Morgan fingerprint density at radius 2 is 1.24 bits per heavy atom. The van der Waals surface area contributed by atoms with Crippen molar-refractivity contribution in [1.82, 2.24) is 15.0 Å². The lowest BCUT2D eigenvalue weighted by Crippen LogP contribution is -2.18. The summed E-state index contributed by atoms with van der Waals surface area (Å²) >= 11 is 0. The van der Waals surface area contributed by atoms with Crippen LogP contribution in [0.15, 0.2) is 0 Å². The number of anilines is 1. The molecule has 1 heterocycles. The molecule has 0 aromatic carbocycles. The zero-order chi connectivity index (χ0) is 11.7. The molecule has 0 spiro atoms. The van der Waals surface area contributed by atoms with Gasteiger partial charge in [-0.2, -0.15) is 9.97 Å². The van der Waals surface area contributed by atoms with Crippen LogP contribution in [0.5, 0.6) is 0 Å². The van der Waals surface area contributed by atoms with Gasteiger partial charge in [-0.15, -0.1) is 0 Å². The molecule has 0 atom stereocenters. The van der Waals surface area contributed by atoms with E-state index in [-0.39, 0.29) is 0 Å². The van der Waals surface area contributed by atoms with Crippen LogP contribution in [-0.2, 0) is 0 Å². The summed E-state index contributed by atoms with van der Waals surface area (Å²) in [6, 6.07) is 0. The Bertz CT molecular complexity index is 394. The van der Waals surface area contributed by atoms with E-state index in [4.69, 9.17) is 5.73 Å². The maximum atomic E-state index is 5.82. The van der Waals surface area contributed by atoms with Crippen LogP contribution in [0.4, 0.5) is 5.95 Å². The highest BCUT2D eigenvalue weighted by atomic mass is 15.1. The predicted octanol–water partition coefficient (Wildman–Crippen LogP) is 2.77. The number of nitrogens with two attached hydrogens (primary N) is 1. The molecular formula is C13H20N4. The molecule has 4 heteroatoms. The summed E-state index contributed by atoms with van der Waals surface area (Å²) in [6.45, 7) is 0. The average molecular weight is 232 g/mol. The first kappa shape index (κ1) is 10.9. The van der Waals surface area contributed by atoms with Crippen LogP contribution in [0.1, 0.15) is 74.9 Å². The molecule has 0 bridgehead atoms. The number of nitrogen functional groups attached to an aromatic ring is 1. The maximum Gasteiger partial charge on any atom is 0.223 e. The van der Waals surface area contributed by atoms with Crippen LogP contribution in [0.3, 0.4) is 0 Å². The van der Waals surface area contributed by atoms with Crippen molar-refractivity contribution >= 4 is 5.95 Å². The topological polar surface area (TPSA) is 64.7 Å². The molecule has 2 saturated carbocycles. The summed E-state index contributed by atoms with van der Waals surface area (Å²) in [6.07, 6.45) is 10.1. The fourth-order valence-electron chi connectivity index (χ4n) is 2.82. The number of hydrogen-bond acceptors (Lipinski definition) is 4. The van der Waals surface area contributed by atoms with Gasteiger partial charge in [-0.1, -0.05) is 25.7 Å². The highest BCUT2D eigenvalue weighted by Crippen LogP contribution is 2.36. The molecule has 0 aliphatic heterocycles. The van der Waals surface area contributed by atoms with E-state index in [9.17, 15) is 0 Å². The molecule has 2 aliphatic rings. The van der Waals surface area contributed by atoms with Crippen LogP contribution < -0.4 is 5.73 Å². The second-order valence-electron chi connectivity index (χ2n) is 5.37. The van der Waals surface area contributed by atoms with E-state index in [1.807, 2.05) is 0 Å². The van der Waals surface area contributed by atoms with Crippen molar-refractivity contribution in [2.45, 2.75) is 63.2 Å². The Kier molecular flexibility index (Phi) is 2.95. The molecule has 0 saturated heterocycles. The standard InChI is InChI=1S/C13H20N4/c14-13-16-11(9-5-2-1-3-6-9)15-12(17-13)10-7-4-8-10/h9-10H,1-8H2,(H2,14,15,16,17). The Morgan fingerprint density at radius 3 is 1.71 bits per heavy atom. The number of hydrogen-bond donors (Lipinski definition) is 1. The molecule has 0 unspecified atom stereocenters. The highest BCUT2D eigenvalue weighted by molar-refractivity contribution is 5.20. The first-order valence-electron chi connectivity index (χ1n) is 6.84. The summed E-state index contributed by atoms with van der Waals surface area (Å²) < 4.78 is 0. The van der Waals surface area contributed by atoms with Crippen molar-refractivity contribution < 1.29 is 0 Å². The summed E-state index contributed by atoms with van der Waals surface area (Å²) in [5.74, 6) is 3.39. The molecule has 2 aliphatic carbocycles. The van der Waals surface area contributed by atoms with Crippen LogP contribution in [0.25, 0.3) is 0 Å². The van der Waals surface area contributed by atoms with Crippen molar-refractivity contribution in [3.8, 4) is 0 Å². The van der Waals surface area contributed by atoms with Crippen molar-refractivity contribution in [2.24, 2.45) is 0 Å². The smallest absolute Gasteiger partial charge is 0.223 e. The zero-order valence-corrected chi connectivity index (χ0v) is 10.2. The normalized spacial score (nSPS) is 22.4. The first-order chi connectivity index (χ1) is 8.33. The summed E-state index contributed by atoms with van der Waals surface area (Å²) in [5, 5.41) is 0. The summed E-state index contributed by atoms with van der Waals surface area (Å²) in [7, 11) is 0. The van der Waals surface area contributed by atoms with E-state index in [0.717, 1.165) is 11.6 Å². The molecule has 17 heavy (non-hydrogen) atoms. The van der Waals surface area contributed by atoms with Gasteiger partial charge in [-0.05, 0) is 25.7 Å². The minimum Gasteiger partial charge on any atom is -0.368 e. The first-order valence-corrected chi connectivity index (χ1v) is 6.84. The van der Waals surface area contributed by atoms with Gasteiger partial charge in [0.25, 0.3) is 0 Å². The van der Waals surface area contributed by atoms with Gasteiger partial charge in [0.1, 0.15) is 11.6 Å². The fraction of sp³-hybridized carbons (Fsp3) is 0.769. The quantitative estimate of drug-likeness (QED) is 0.851. The van der Waals surface area contributed by atoms with E-state index in [0.29, 0.717) is 17.8 Å². The Balaban J connectivity index is 1.84. The number of rotatable bonds is 2. The van der Waals surface area contributed by atoms with Gasteiger partial charge >= 0.3 is 0 Å². The minimum atomic E-state index is 0.419. The minimum absolute atomic E-state index is 0.419. The molecule has 1 aromatic heterocycles. The van der Waals surface area contributed by atoms with Gasteiger partial charge < -0.3 is 5.73 Å². The molecule has 2 fully saturated rings. The Labute approximate surface area is 102 Å². The largest absolute Gasteiger partial charge is 0.368 e. The van der Waals surface area contributed by atoms with Gasteiger partial charge in [0, 0.05) is 11.8 Å². The average Bonchev–Trinajstić information content (AvgIpc) is 2.27. The third-order valence-corrected chi connectivity index (χ3v) is 4.13. The van der Waals surface area contributed by atoms with Gasteiger partial charge in [-0.3, -0.25) is 0 Å². The van der Waals surface area contributed by atoms with Gasteiger partial charge in [0.15, 0.2) is 0 Å². The SMILES string of the molecule is Nc1nc(C2CCCCC2)nc(C2CCC2)n1. The van der Waals surface area contributed by atoms with Crippen molar-refractivity contribution in [3.05, 3.63) is 11.6 Å². The van der Waals surface area contributed by atoms with Crippen molar-refractivity contribution in [1.29, 1.82) is 0 Å². The highest BCUT2D eigenvalue weighted by Gasteiger charge is 2.25. The molecule has 1 aromatic rings. The van der Waals surface area contributed by atoms with E-state index >= 15 is 0 Å². The van der Waals surface area contributed by atoms with Crippen LogP contribution >= 0.6 is 0 Å². The third kappa shape index (κ3) is 2.26. The fourth-order valence-corrected chi connectivity index (χ4v) is 2.82. The second-order valence-corrected chi connectivity index (χ2v) is 5.37. The van der Waals surface area contributed by atoms with E-state index in [1.165, 1.54) is 51.4 Å². The zero-order valence-electron chi connectivity index (χ0n) is 10.2. The monoisotopic (exact) mass is 232 g/mol. The third-order valence-electron chi connectivity index (χ3n) is 4.13. The molecule has 3 rings (SSSR count). The lowest BCUT2D eigenvalue weighted by atomic mass is 9.84. The molecule has 2 N–H and O–H groups in total. The van der Waals surface area contributed by atoms with Crippen molar-refractivity contribution in [2.75, 3.05) is 5.73 Å². The van der Waals surface area contributed by atoms with E-state index < -0.39 is 0 Å². The maximum absolute atomic E-state index is 5.82. The van der Waals surface area contributed by atoms with Crippen molar-refractivity contribution in [3.63, 3.8) is 0 Å². The molecule has 92 valence electrons. The van der Waals surface area contributed by atoms with E-state index in [2.05, 4.69) is 15.0 Å². The molecule has 4 nitrogen and oxygen atoms in total.